The van der Waals surface area contributed by atoms with E-state index in [0.29, 0.717) is 28.9 Å². The minimum absolute atomic E-state index is 0.0969. The molecule has 16 nitrogen and oxygen atoms in total. The van der Waals surface area contributed by atoms with Gasteiger partial charge in [0, 0.05) is 12.1 Å². The number of pyridine rings is 1. The predicted octanol–water partition coefficient (Wildman–Crippen LogP) is 6.87. The summed E-state index contributed by atoms with van der Waals surface area (Å²) < 4.78 is 45.2. The van der Waals surface area contributed by atoms with Crippen LogP contribution in [0.5, 0.6) is 11.5 Å². The van der Waals surface area contributed by atoms with Crippen LogP contribution in [0.3, 0.4) is 0 Å². The highest BCUT2D eigenvalue weighted by molar-refractivity contribution is 7.53. The van der Waals surface area contributed by atoms with Crippen molar-refractivity contribution in [1.29, 1.82) is 0 Å². The van der Waals surface area contributed by atoms with E-state index in [4.69, 9.17) is 28.0 Å². The summed E-state index contributed by atoms with van der Waals surface area (Å²) in [6.45, 7) is 14.2. The Morgan fingerprint density at radius 3 is 1.92 bits per heavy atom. The number of aromatic nitrogens is 3. The molecule has 3 aromatic rings. The van der Waals surface area contributed by atoms with E-state index in [1.54, 1.807) is 98.8 Å². The van der Waals surface area contributed by atoms with Crippen molar-refractivity contribution >= 4 is 48.5 Å². The number of nitrogens with zero attached hydrogens (tertiary/aromatic N) is 3. The summed E-state index contributed by atoms with van der Waals surface area (Å²) in [4.78, 5) is 62.7. The monoisotopic (exact) mass is 759 g/mol. The number of fused-ring (bicyclic) bond motifs is 1. The van der Waals surface area contributed by atoms with Crippen LogP contribution in [0.2, 0.25) is 0 Å². The molecule has 17 heteroatoms. The predicted molar refractivity (Wildman–Crippen MR) is 196 cm³/mol. The van der Waals surface area contributed by atoms with Crippen molar-refractivity contribution in [2.24, 2.45) is 16.2 Å². The van der Waals surface area contributed by atoms with Gasteiger partial charge in [-0.1, -0.05) is 0 Å². The van der Waals surface area contributed by atoms with E-state index in [0.717, 1.165) is 0 Å². The van der Waals surface area contributed by atoms with Crippen molar-refractivity contribution < 1.29 is 51.7 Å². The van der Waals surface area contributed by atoms with E-state index in [1.807, 2.05) is 0 Å². The molecule has 3 rings (SSSR count). The Morgan fingerprint density at radius 2 is 1.36 bits per heavy atom. The average molecular weight is 760 g/mol. The largest absolute Gasteiger partial charge is 0.493 e. The number of urea groups is 1. The topological polar surface area (TPSA) is 203 Å². The fourth-order valence-corrected chi connectivity index (χ4v) is 5.35. The highest BCUT2D eigenvalue weighted by Gasteiger charge is 2.30. The summed E-state index contributed by atoms with van der Waals surface area (Å²) in [5.41, 5.74) is -0.399. The van der Waals surface area contributed by atoms with E-state index in [1.165, 1.54) is 7.11 Å². The lowest BCUT2D eigenvalue weighted by Gasteiger charge is -2.22. The third-order valence-corrected chi connectivity index (χ3v) is 9.03. The van der Waals surface area contributed by atoms with Gasteiger partial charge in [0.2, 0.25) is 13.6 Å². The molecule has 0 aliphatic heterocycles. The third-order valence-electron chi connectivity index (χ3n) is 7.17. The zero-order valence-electron chi connectivity index (χ0n) is 32.0. The number of benzene rings is 1. The number of esters is 3. The first-order valence-electron chi connectivity index (χ1n) is 16.9. The van der Waals surface area contributed by atoms with Crippen LogP contribution in [0.25, 0.3) is 22.4 Å². The smallest absolute Gasteiger partial charge is 0.336 e. The Labute approximate surface area is 309 Å². The molecule has 53 heavy (non-hydrogen) atoms. The fraction of sp³-hybridized carbons (Fsp3) is 0.528. The second-order valence-electron chi connectivity index (χ2n) is 15.1. The first-order chi connectivity index (χ1) is 24.6. The van der Waals surface area contributed by atoms with Gasteiger partial charge in [-0.3, -0.25) is 38.3 Å². The van der Waals surface area contributed by atoms with E-state index >= 15 is 0 Å². The van der Waals surface area contributed by atoms with Crippen LogP contribution in [-0.2, 0) is 37.5 Å². The number of hydrogen-bond donors (Lipinski definition) is 2. The summed E-state index contributed by atoms with van der Waals surface area (Å²) in [7, 11) is -2.39. The van der Waals surface area contributed by atoms with Crippen LogP contribution >= 0.6 is 7.60 Å². The van der Waals surface area contributed by atoms with E-state index < -0.39 is 61.4 Å². The molecule has 0 saturated heterocycles. The summed E-state index contributed by atoms with van der Waals surface area (Å²) in [6.07, 6.45) is 2.15. The molecule has 0 spiro atoms. The summed E-state index contributed by atoms with van der Waals surface area (Å²) in [6, 6.07) is 7.73. The van der Waals surface area contributed by atoms with Crippen LogP contribution in [-0.4, -0.2) is 72.3 Å². The number of amides is 2. The van der Waals surface area contributed by atoms with Crippen molar-refractivity contribution in [2.45, 2.75) is 75.2 Å². The number of methoxy groups -OCH3 is 1. The molecule has 0 saturated carbocycles. The molecule has 290 valence electrons. The zero-order chi connectivity index (χ0) is 39.6. The number of unbranched alkanes of at least 4 members (excludes halogenated alkanes) is 1. The number of ether oxygens (including phenoxy) is 4. The van der Waals surface area contributed by atoms with Gasteiger partial charge in [-0.25, -0.2) is 14.8 Å². The van der Waals surface area contributed by atoms with Crippen molar-refractivity contribution in [3.8, 4) is 22.8 Å². The SMILES string of the molecule is COc1cc(-c2cnc3ccc(NC(=O)NCCCCP(=O)(OCOC(=O)C(C)(C)C)OCOC(=O)C(C)(C)C)nc3n2)ccc1OC(=O)C(C)(C)C. The Kier molecular flexibility index (Phi) is 14.4. The second kappa shape index (κ2) is 17.9. The molecular weight excluding hydrogens is 709 g/mol. The highest BCUT2D eigenvalue weighted by atomic mass is 31.2. The number of anilines is 1. The standard InChI is InChI=1S/C36H50N5O11P/c1-34(2,3)30(42)48-21-50-53(46,51-22-49-31(43)35(4,5)6)18-12-11-17-37-33(45)41-28-16-14-24-29(40-28)39-25(20-38-24)23-13-15-26(27(19-23)47-10)52-32(44)36(7,8)9/h13-16,19-20H,11-12,17-18,21-22H2,1-10H3,(H2,37,39,40,41,45). The first-order valence-corrected chi connectivity index (χ1v) is 18.7. The lowest BCUT2D eigenvalue weighted by Crippen LogP contribution is -2.30. The summed E-state index contributed by atoms with van der Waals surface area (Å²) >= 11 is 0. The molecule has 1 aromatic carbocycles. The van der Waals surface area contributed by atoms with Crippen molar-refractivity contribution in [1.82, 2.24) is 20.3 Å². The van der Waals surface area contributed by atoms with Crippen LogP contribution < -0.4 is 20.1 Å². The highest BCUT2D eigenvalue weighted by Crippen LogP contribution is 2.49. The van der Waals surface area contributed by atoms with Gasteiger partial charge in [-0.05, 0) is 105 Å². The zero-order valence-corrected chi connectivity index (χ0v) is 32.9. The van der Waals surface area contributed by atoms with Crippen LogP contribution in [0.4, 0.5) is 10.6 Å². The Balaban J connectivity index is 1.57. The van der Waals surface area contributed by atoms with Gasteiger partial charge in [0.15, 0.2) is 17.1 Å². The lowest BCUT2D eigenvalue weighted by molar-refractivity contribution is -0.162. The van der Waals surface area contributed by atoms with Crippen LogP contribution in [0, 0.1) is 16.2 Å². The first kappa shape index (κ1) is 42.8. The van der Waals surface area contributed by atoms with Gasteiger partial charge >= 0.3 is 31.5 Å². The van der Waals surface area contributed by atoms with Crippen LogP contribution in [0.1, 0.15) is 75.2 Å². The fourth-order valence-electron chi connectivity index (χ4n) is 3.98. The lowest BCUT2D eigenvalue weighted by atomic mass is 9.97. The normalized spacial score (nSPS) is 12.2. The molecule has 2 amide bonds. The van der Waals surface area contributed by atoms with Gasteiger partial charge in [0.1, 0.15) is 11.3 Å². The molecule has 0 bridgehead atoms. The molecule has 2 N–H and O–H groups in total. The summed E-state index contributed by atoms with van der Waals surface area (Å²) in [5, 5.41) is 5.37. The number of nitrogens with one attached hydrogen (secondary N) is 2. The quantitative estimate of drug-likeness (QED) is 0.0534. The Morgan fingerprint density at radius 1 is 0.755 bits per heavy atom. The molecule has 2 aromatic heterocycles. The van der Waals surface area contributed by atoms with E-state index in [-0.39, 0.29) is 36.3 Å². The number of rotatable bonds is 15. The number of carbonyl (C=O) groups is 4. The van der Waals surface area contributed by atoms with Gasteiger partial charge in [0.05, 0.1) is 41.4 Å². The average Bonchev–Trinajstić information content (AvgIpc) is 3.06. The molecule has 0 aliphatic rings. The Hall–Kier alpha value is -4.66. The minimum Gasteiger partial charge on any atom is -0.493 e. The molecule has 0 unspecified atom stereocenters. The number of carbonyl (C=O) groups excluding carboxylic acids is 4. The summed E-state index contributed by atoms with van der Waals surface area (Å²) in [5.74, 6) is -0.678. The molecular formula is C36H50N5O11P. The van der Waals surface area contributed by atoms with Gasteiger partial charge in [0.25, 0.3) is 0 Å². The van der Waals surface area contributed by atoms with Crippen molar-refractivity contribution in [3.05, 3.63) is 36.5 Å². The third kappa shape index (κ3) is 13.4. The number of hydrogen-bond acceptors (Lipinski definition) is 14. The maximum Gasteiger partial charge on any atom is 0.336 e. The minimum atomic E-state index is -3.86. The maximum absolute atomic E-state index is 13.4. The van der Waals surface area contributed by atoms with Crippen LogP contribution in [0.15, 0.2) is 36.5 Å². The molecule has 0 aliphatic carbocycles. The molecule has 0 fully saturated rings. The van der Waals surface area contributed by atoms with E-state index in [2.05, 4.69) is 25.6 Å². The van der Waals surface area contributed by atoms with Gasteiger partial charge in [-0.2, -0.15) is 0 Å². The van der Waals surface area contributed by atoms with Gasteiger partial charge < -0.3 is 24.3 Å². The maximum atomic E-state index is 13.4. The van der Waals surface area contributed by atoms with E-state index in [9.17, 15) is 23.7 Å². The second-order valence-corrected chi connectivity index (χ2v) is 17.3. The Bertz CT molecular complexity index is 1790. The van der Waals surface area contributed by atoms with Gasteiger partial charge in [-0.15, -0.1) is 0 Å². The van der Waals surface area contributed by atoms with Crippen molar-refractivity contribution in [3.63, 3.8) is 0 Å². The van der Waals surface area contributed by atoms with Crippen molar-refractivity contribution in [2.75, 3.05) is 38.7 Å². The molecule has 0 radical (unpaired) electrons. The molecule has 2 heterocycles. The molecule has 0 atom stereocenters.